The molecule has 0 saturated heterocycles. The highest BCUT2D eigenvalue weighted by atomic mass is 16.5. The number of carboxylic acids is 2. The van der Waals surface area contributed by atoms with E-state index in [1.54, 1.807) is 7.11 Å². The number of carbonyl (C=O) groups excluding carboxylic acids is 1. The molecular weight excluding hydrogens is 376 g/mol. The number of nitrogens with zero attached hydrogens (tertiary/aromatic N) is 1. The van der Waals surface area contributed by atoms with Crippen molar-refractivity contribution in [2.75, 3.05) is 31.7 Å². The van der Waals surface area contributed by atoms with Gasteiger partial charge in [0.05, 0.1) is 24.5 Å². The number of anilines is 2. The van der Waals surface area contributed by atoms with Crippen LogP contribution in [0, 0.1) is 0 Å². The van der Waals surface area contributed by atoms with Gasteiger partial charge in [0.2, 0.25) is 5.91 Å². The Bertz CT molecular complexity index is 808. The number of benzene rings is 2. The first-order valence-electron chi connectivity index (χ1n) is 9.10. The monoisotopic (exact) mass is 400 g/mol. The van der Waals surface area contributed by atoms with Crippen molar-refractivity contribution in [1.29, 1.82) is 0 Å². The molecule has 0 bridgehead atoms. The van der Waals surface area contributed by atoms with E-state index in [9.17, 15) is 4.79 Å². The normalized spacial score (nSPS) is 12.0. The maximum Gasteiger partial charge on any atom is 0.414 e. The van der Waals surface area contributed by atoms with Crippen LogP contribution >= 0.6 is 0 Å². The fraction of sp³-hybridized carbons (Fsp3) is 0.286. The Kier molecular flexibility index (Phi) is 8.32. The van der Waals surface area contributed by atoms with Crippen molar-refractivity contribution < 1.29 is 29.3 Å². The molecule has 3 rings (SSSR count). The lowest BCUT2D eigenvalue weighted by Gasteiger charge is -2.25. The Balaban J connectivity index is 0.000000438. The van der Waals surface area contributed by atoms with Crippen molar-refractivity contribution in [2.45, 2.75) is 12.8 Å². The van der Waals surface area contributed by atoms with E-state index in [2.05, 4.69) is 17.4 Å². The van der Waals surface area contributed by atoms with Gasteiger partial charge in [-0.2, -0.15) is 0 Å². The summed E-state index contributed by atoms with van der Waals surface area (Å²) in [5.41, 5.74) is 4.43. The highest BCUT2D eigenvalue weighted by Gasteiger charge is 2.24. The standard InChI is InChI=1S/C19H22N2O2.C2H2O4/c1-23-13-12-20-14-19(22)21-17-8-4-2-6-15(17)10-11-16-7-3-5-9-18(16)21;3-1(4)2(5)6/h2-9,20H,10-14H2,1H3;(H,3,4)(H,5,6). The second-order valence-corrected chi connectivity index (χ2v) is 6.27. The van der Waals surface area contributed by atoms with E-state index in [1.807, 2.05) is 41.3 Å². The van der Waals surface area contributed by atoms with Gasteiger partial charge < -0.3 is 20.3 Å². The molecule has 0 unspecified atom stereocenters. The molecule has 29 heavy (non-hydrogen) atoms. The van der Waals surface area contributed by atoms with Gasteiger partial charge in [-0.15, -0.1) is 0 Å². The van der Waals surface area contributed by atoms with Crippen molar-refractivity contribution >= 4 is 29.2 Å². The van der Waals surface area contributed by atoms with Gasteiger partial charge in [-0.3, -0.25) is 9.69 Å². The summed E-state index contributed by atoms with van der Waals surface area (Å²) >= 11 is 0. The number of rotatable bonds is 5. The number of nitrogens with one attached hydrogen (secondary N) is 1. The largest absolute Gasteiger partial charge is 0.473 e. The molecule has 0 aliphatic carbocycles. The van der Waals surface area contributed by atoms with E-state index in [0.29, 0.717) is 19.7 Å². The van der Waals surface area contributed by atoms with Crippen LogP contribution in [-0.2, 0) is 32.0 Å². The number of methoxy groups -OCH3 is 1. The molecule has 154 valence electrons. The smallest absolute Gasteiger partial charge is 0.414 e. The lowest BCUT2D eigenvalue weighted by atomic mass is 10.0. The van der Waals surface area contributed by atoms with E-state index in [0.717, 1.165) is 24.2 Å². The minimum absolute atomic E-state index is 0.0582. The topological polar surface area (TPSA) is 116 Å². The van der Waals surface area contributed by atoms with Crippen molar-refractivity contribution in [2.24, 2.45) is 0 Å². The predicted molar refractivity (Wildman–Crippen MR) is 107 cm³/mol. The lowest BCUT2D eigenvalue weighted by Crippen LogP contribution is -2.36. The molecule has 2 aromatic carbocycles. The quantitative estimate of drug-likeness (QED) is 0.518. The van der Waals surface area contributed by atoms with Gasteiger partial charge in [-0.05, 0) is 36.1 Å². The first-order valence-corrected chi connectivity index (χ1v) is 9.10. The third kappa shape index (κ3) is 6.13. The van der Waals surface area contributed by atoms with E-state index in [4.69, 9.17) is 24.5 Å². The number of hydrogen-bond acceptors (Lipinski definition) is 5. The van der Waals surface area contributed by atoms with Gasteiger partial charge in [-0.1, -0.05) is 36.4 Å². The van der Waals surface area contributed by atoms with E-state index in [-0.39, 0.29) is 5.91 Å². The van der Waals surface area contributed by atoms with Crippen molar-refractivity contribution in [3.63, 3.8) is 0 Å². The zero-order valence-electron chi connectivity index (χ0n) is 16.1. The van der Waals surface area contributed by atoms with Gasteiger partial charge in [0.15, 0.2) is 0 Å². The molecule has 1 aliphatic heterocycles. The SMILES string of the molecule is COCCNCC(=O)N1c2ccccc2CCc2ccccc21.O=C(O)C(=O)O. The van der Waals surface area contributed by atoms with Crippen LogP contribution in [0.3, 0.4) is 0 Å². The molecule has 0 aromatic heterocycles. The Labute approximate surface area is 168 Å². The van der Waals surface area contributed by atoms with Crippen LogP contribution in [0.5, 0.6) is 0 Å². The molecule has 8 heteroatoms. The molecule has 0 spiro atoms. The molecule has 0 saturated carbocycles. The average molecular weight is 400 g/mol. The maximum atomic E-state index is 12.9. The minimum atomic E-state index is -1.82. The second kappa shape index (κ2) is 10.9. The summed E-state index contributed by atoms with van der Waals surface area (Å²) < 4.78 is 5.01. The maximum absolute atomic E-state index is 12.9. The zero-order valence-corrected chi connectivity index (χ0v) is 16.1. The van der Waals surface area contributed by atoms with Crippen molar-refractivity contribution in [3.05, 3.63) is 59.7 Å². The average Bonchev–Trinajstić information content (AvgIpc) is 2.88. The van der Waals surface area contributed by atoms with E-state index < -0.39 is 11.9 Å². The van der Waals surface area contributed by atoms with Crippen LogP contribution in [-0.4, -0.2) is 54.9 Å². The molecule has 8 nitrogen and oxygen atoms in total. The van der Waals surface area contributed by atoms with Crippen molar-refractivity contribution in [3.8, 4) is 0 Å². The highest BCUT2D eigenvalue weighted by Crippen LogP contribution is 2.35. The van der Waals surface area contributed by atoms with E-state index in [1.165, 1.54) is 11.1 Å². The third-order valence-electron chi connectivity index (χ3n) is 4.32. The number of hydrogen-bond donors (Lipinski definition) is 3. The number of fused-ring (bicyclic) bond motifs is 2. The van der Waals surface area contributed by atoms with Crippen LogP contribution < -0.4 is 10.2 Å². The number of carboxylic acid groups (broad SMARTS) is 2. The Hall–Kier alpha value is -3.23. The summed E-state index contributed by atoms with van der Waals surface area (Å²) in [6, 6.07) is 16.3. The summed E-state index contributed by atoms with van der Waals surface area (Å²) in [6.07, 6.45) is 1.90. The molecule has 2 aromatic rings. The summed E-state index contributed by atoms with van der Waals surface area (Å²) in [7, 11) is 1.66. The number of carbonyl (C=O) groups is 3. The number of para-hydroxylation sites is 2. The van der Waals surface area contributed by atoms with Crippen LogP contribution in [0.1, 0.15) is 11.1 Å². The third-order valence-corrected chi connectivity index (χ3v) is 4.32. The number of amides is 1. The molecule has 0 radical (unpaired) electrons. The lowest BCUT2D eigenvalue weighted by molar-refractivity contribution is -0.159. The number of aryl methyl sites for hydroxylation is 2. The molecule has 1 heterocycles. The Morgan fingerprint density at radius 1 is 0.931 bits per heavy atom. The molecular formula is C21H24N2O6. The predicted octanol–water partition coefficient (Wildman–Crippen LogP) is 1.84. The summed E-state index contributed by atoms with van der Waals surface area (Å²) in [4.78, 5) is 32.9. The summed E-state index contributed by atoms with van der Waals surface area (Å²) in [6.45, 7) is 1.56. The summed E-state index contributed by atoms with van der Waals surface area (Å²) in [5.74, 6) is -3.59. The molecule has 3 N–H and O–H groups in total. The van der Waals surface area contributed by atoms with Crippen LogP contribution in [0.15, 0.2) is 48.5 Å². The van der Waals surface area contributed by atoms with Crippen LogP contribution in [0.25, 0.3) is 0 Å². The molecule has 1 aliphatic rings. The first kappa shape index (κ1) is 22.1. The number of ether oxygens (including phenoxy) is 1. The molecule has 0 fully saturated rings. The van der Waals surface area contributed by atoms with E-state index >= 15 is 0 Å². The van der Waals surface area contributed by atoms with Gasteiger partial charge in [0.25, 0.3) is 0 Å². The molecule has 1 amide bonds. The van der Waals surface area contributed by atoms with Crippen molar-refractivity contribution in [1.82, 2.24) is 5.32 Å². The van der Waals surface area contributed by atoms with Gasteiger partial charge in [0.1, 0.15) is 0 Å². The van der Waals surface area contributed by atoms with Gasteiger partial charge in [-0.25, -0.2) is 9.59 Å². The van der Waals surface area contributed by atoms with Gasteiger partial charge in [0, 0.05) is 13.7 Å². The second-order valence-electron chi connectivity index (χ2n) is 6.27. The fourth-order valence-corrected chi connectivity index (χ4v) is 3.00. The van der Waals surface area contributed by atoms with Crippen LogP contribution in [0.4, 0.5) is 11.4 Å². The zero-order chi connectivity index (χ0) is 21.2. The van der Waals surface area contributed by atoms with Crippen LogP contribution in [0.2, 0.25) is 0 Å². The highest BCUT2D eigenvalue weighted by molar-refractivity contribution is 6.27. The first-order chi connectivity index (χ1) is 14.0. The van der Waals surface area contributed by atoms with Gasteiger partial charge >= 0.3 is 11.9 Å². The Morgan fingerprint density at radius 3 is 1.86 bits per heavy atom. The molecule has 0 atom stereocenters. The summed E-state index contributed by atoms with van der Waals surface area (Å²) in [5, 5.41) is 17.9. The minimum Gasteiger partial charge on any atom is -0.473 e. The Morgan fingerprint density at radius 2 is 1.41 bits per heavy atom. The fourth-order valence-electron chi connectivity index (χ4n) is 3.00. The number of aliphatic carboxylic acids is 2.